The molecule has 5 heteroatoms. The van der Waals surface area contributed by atoms with Gasteiger partial charge in [-0.05, 0) is 80.0 Å². The minimum Gasteiger partial charge on any atom is -0.493 e. The van der Waals surface area contributed by atoms with Crippen LogP contribution in [-0.2, 0) is 9.59 Å². The summed E-state index contributed by atoms with van der Waals surface area (Å²) in [6, 6.07) is 13.4. The van der Waals surface area contributed by atoms with E-state index in [9.17, 15) is 9.59 Å². The quantitative estimate of drug-likeness (QED) is 0.596. The smallest absolute Gasteiger partial charge is 0.282 e. The first-order valence-electron chi connectivity index (χ1n) is 11.5. The number of piperidine rings is 1. The molecular weight excluding hydrogens is 400 g/mol. The van der Waals surface area contributed by atoms with E-state index in [1.54, 1.807) is 0 Å². The number of carbonyl (C=O) groups excluding carboxylic acids is 2. The molecular formula is C27H32N2O3. The van der Waals surface area contributed by atoms with Crippen LogP contribution in [0.3, 0.4) is 0 Å². The lowest BCUT2D eigenvalue weighted by Crippen LogP contribution is -2.37. The zero-order chi connectivity index (χ0) is 22.8. The number of ether oxygens (including phenoxy) is 1. The lowest BCUT2D eigenvalue weighted by atomic mass is 10.0. The van der Waals surface area contributed by atoms with E-state index in [-0.39, 0.29) is 11.8 Å². The zero-order valence-electron chi connectivity index (χ0n) is 19.5. The van der Waals surface area contributed by atoms with Gasteiger partial charge in [0.25, 0.3) is 11.8 Å². The second-order valence-corrected chi connectivity index (χ2v) is 9.29. The van der Waals surface area contributed by atoms with Crippen LogP contribution in [0, 0.1) is 19.8 Å². The summed E-state index contributed by atoms with van der Waals surface area (Å²) >= 11 is 0. The fourth-order valence-electron chi connectivity index (χ4n) is 4.48. The highest BCUT2D eigenvalue weighted by molar-refractivity contribution is 6.45. The van der Waals surface area contributed by atoms with Crippen LogP contribution < -0.4 is 9.64 Å². The van der Waals surface area contributed by atoms with Crippen molar-refractivity contribution >= 4 is 23.1 Å². The molecule has 2 heterocycles. The van der Waals surface area contributed by atoms with Gasteiger partial charge in [0, 0.05) is 13.1 Å². The average Bonchev–Trinajstić information content (AvgIpc) is 3.02. The maximum absolute atomic E-state index is 13.7. The molecule has 0 unspecified atom stereocenters. The number of carbonyl (C=O) groups is 2. The number of benzene rings is 2. The van der Waals surface area contributed by atoms with Gasteiger partial charge in [0.1, 0.15) is 11.4 Å². The molecule has 0 saturated carbocycles. The van der Waals surface area contributed by atoms with Gasteiger partial charge in [0.05, 0.1) is 17.9 Å². The van der Waals surface area contributed by atoms with Crippen molar-refractivity contribution in [1.82, 2.24) is 4.90 Å². The Morgan fingerprint density at radius 1 is 0.875 bits per heavy atom. The summed E-state index contributed by atoms with van der Waals surface area (Å²) in [5.74, 6) is 0.724. The van der Waals surface area contributed by atoms with Crippen molar-refractivity contribution in [2.75, 3.05) is 24.6 Å². The van der Waals surface area contributed by atoms with Crippen molar-refractivity contribution in [3.63, 3.8) is 0 Å². The van der Waals surface area contributed by atoms with Gasteiger partial charge in [-0.15, -0.1) is 0 Å². The number of anilines is 1. The normalized spacial score (nSPS) is 17.0. The maximum atomic E-state index is 13.7. The van der Waals surface area contributed by atoms with Gasteiger partial charge in [-0.1, -0.05) is 32.0 Å². The molecule has 32 heavy (non-hydrogen) atoms. The van der Waals surface area contributed by atoms with Crippen molar-refractivity contribution in [1.29, 1.82) is 0 Å². The Balaban J connectivity index is 1.74. The summed E-state index contributed by atoms with van der Waals surface area (Å²) < 4.78 is 5.80. The number of amides is 2. The molecule has 2 aromatic carbocycles. The SMILES string of the molecule is Cc1cc(C)cc(N2C(=O)C(c3ccc(OCC(C)C)cc3)=C(N3CCCCC3)C2=O)c1. The molecule has 0 aromatic heterocycles. The summed E-state index contributed by atoms with van der Waals surface area (Å²) in [5.41, 5.74) is 4.48. The van der Waals surface area contributed by atoms with Crippen LogP contribution in [0.5, 0.6) is 5.75 Å². The topological polar surface area (TPSA) is 49.9 Å². The molecule has 0 aliphatic carbocycles. The van der Waals surface area contributed by atoms with E-state index in [4.69, 9.17) is 4.74 Å². The van der Waals surface area contributed by atoms with Crippen LogP contribution >= 0.6 is 0 Å². The summed E-state index contributed by atoms with van der Waals surface area (Å²) in [6.45, 7) is 10.4. The number of aryl methyl sites for hydroxylation is 2. The predicted octanol–water partition coefficient (Wildman–Crippen LogP) is 5.11. The molecule has 2 aromatic rings. The van der Waals surface area contributed by atoms with Crippen molar-refractivity contribution in [2.24, 2.45) is 5.92 Å². The number of nitrogens with zero attached hydrogens (tertiary/aromatic N) is 2. The van der Waals surface area contributed by atoms with Crippen molar-refractivity contribution in [3.8, 4) is 5.75 Å². The fraction of sp³-hybridized carbons (Fsp3) is 0.407. The van der Waals surface area contributed by atoms with Crippen molar-refractivity contribution in [3.05, 3.63) is 64.9 Å². The van der Waals surface area contributed by atoms with Gasteiger partial charge >= 0.3 is 0 Å². The lowest BCUT2D eigenvalue weighted by molar-refractivity contribution is -0.120. The Bertz CT molecular complexity index is 1030. The highest BCUT2D eigenvalue weighted by Crippen LogP contribution is 2.37. The van der Waals surface area contributed by atoms with Crippen molar-refractivity contribution < 1.29 is 14.3 Å². The second-order valence-electron chi connectivity index (χ2n) is 9.29. The first-order valence-corrected chi connectivity index (χ1v) is 11.5. The Kier molecular flexibility index (Phi) is 6.35. The van der Waals surface area contributed by atoms with Crippen LogP contribution in [0.4, 0.5) is 5.69 Å². The Morgan fingerprint density at radius 3 is 2.09 bits per heavy atom. The standard InChI is InChI=1S/C27H32N2O3/c1-18(2)17-32-23-10-8-21(9-11-23)24-25(28-12-6-5-7-13-28)27(31)29(26(24)30)22-15-19(3)14-20(4)16-22/h8-11,14-16,18H,5-7,12-13,17H2,1-4H3. The minimum atomic E-state index is -0.253. The van der Waals surface area contributed by atoms with Crippen LogP contribution in [-0.4, -0.2) is 36.4 Å². The minimum absolute atomic E-state index is 0.225. The van der Waals surface area contributed by atoms with Gasteiger partial charge in [-0.25, -0.2) is 4.90 Å². The highest BCUT2D eigenvalue weighted by Gasteiger charge is 2.42. The summed E-state index contributed by atoms with van der Waals surface area (Å²) in [6.07, 6.45) is 3.22. The number of imide groups is 1. The molecule has 0 N–H and O–H groups in total. The third kappa shape index (κ3) is 4.43. The Morgan fingerprint density at radius 2 is 1.50 bits per heavy atom. The lowest BCUT2D eigenvalue weighted by Gasteiger charge is -2.29. The van der Waals surface area contributed by atoms with Crippen molar-refractivity contribution in [2.45, 2.75) is 47.0 Å². The average molecular weight is 433 g/mol. The molecule has 0 bridgehead atoms. The Labute approximate surface area is 190 Å². The van der Waals surface area contributed by atoms with Crippen LogP contribution in [0.15, 0.2) is 48.2 Å². The number of likely N-dealkylation sites (tertiary alicyclic amines) is 1. The van der Waals surface area contributed by atoms with E-state index in [0.717, 1.165) is 54.8 Å². The number of rotatable bonds is 6. The van der Waals surface area contributed by atoms with Gasteiger partial charge < -0.3 is 9.64 Å². The van der Waals surface area contributed by atoms with Crippen LogP contribution in [0.1, 0.15) is 49.8 Å². The van der Waals surface area contributed by atoms with E-state index >= 15 is 0 Å². The first-order chi connectivity index (χ1) is 15.3. The van der Waals surface area contributed by atoms with Gasteiger partial charge in [-0.3, -0.25) is 9.59 Å². The second kappa shape index (κ2) is 9.19. The first kappa shape index (κ1) is 22.1. The summed E-state index contributed by atoms with van der Waals surface area (Å²) in [5, 5.41) is 0. The number of hydrogen-bond donors (Lipinski definition) is 0. The fourth-order valence-corrected chi connectivity index (χ4v) is 4.48. The maximum Gasteiger partial charge on any atom is 0.282 e. The zero-order valence-corrected chi connectivity index (χ0v) is 19.5. The van der Waals surface area contributed by atoms with Gasteiger partial charge in [-0.2, -0.15) is 0 Å². The molecule has 1 saturated heterocycles. The monoisotopic (exact) mass is 432 g/mol. The molecule has 168 valence electrons. The van der Waals surface area contributed by atoms with Gasteiger partial charge in [0.2, 0.25) is 0 Å². The molecule has 0 atom stereocenters. The van der Waals surface area contributed by atoms with E-state index in [1.165, 1.54) is 4.90 Å². The highest BCUT2D eigenvalue weighted by atomic mass is 16.5. The summed E-state index contributed by atoms with van der Waals surface area (Å²) in [7, 11) is 0. The molecule has 2 aliphatic rings. The molecule has 5 nitrogen and oxygen atoms in total. The van der Waals surface area contributed by atoms with Gasteiger partial charge in [0.15, 0.2) is 0 Å². The van der Waals surface area contributed by atoms with Crippen LogP contribution in [0.25, 0.3) is 5.57 Å². The molecule has 0 radical (unpaired) electrons. The molecule has 2 aliphatic heterocycles. The third-order valence-electron chi connectivity index (χ3n) is 5.92. The Hall–Kier alpha value is -3.08. The number of hydrogen-bond acceptors (Lipinski definition) is 4. The predicted molar refractivity (Wildman–Crippen MR) is 128 cm³/mol. The van der Waals surface area contributed by atoms with E-state index in [0.29, 0.717) is 29.5 Å². The van der Waals surface area contributed by atoms with E-state index in [2.05, 4.69) is 18.7 Å². The molecule has 1 fully saturated rings. The van der Waals surface area contributed by atoms with E-state index < -0.39 is 0 Å². The molecule has 0 spiro atoms. The third-order valence-corrected chi connectivity index (χ3v) is 5.92. The largest absolute Gasteiger partial charge is 0.493 e. The van der Waals surface area contributed by atoms with Crippen LogP contribution in [0.2, 0.25) is 0 Å². The molecule has 4 rings (SSSR count). The summed E-state index contributed by atoms with van der Waals surface area (Å²) in [4.78, 5) is 30.8. The van der Waals surface area contributed by atoms with E-state index in [1.807, 2.05) is 56.3 Å². The molecule has 2 amide bonds.